The van der Waals surface area contributed by atoms with Gasteiger partial charge in [0.15, 0.2) is 0 Å². The van der Waals surface area contributed by atoms with Gasteiger partial charge in [0.1, 0.15) is 0 Å². The van der Waals surface area contributed by atoms with E-state index in [1.54, 1.807) is 21.1 Å². The van der Waals surface area contributed by atoms with E-state index in [1.807, 2.05) is 6.07 Å². The molecule has 1 atom stereocenters. The van der Waals surface area contributed by atoms with Gasteiger partial charge in [0.25, 0.3) is 6.43 Å². The molecule has 22 heavy (non-hydrogen) atoms. The van der Waals surface area contributed by atoms with Crippen LogP contribution in [-0.4, -0.2) is 61.5 Å². The Kier molecular flexibility index (Phi) is 6.57. The highest BCUT2D eigenvalue weighted by molar-refractivity contribution is 7.09. The van der Waals surface area contributed by atoms with Gasteiger partial charge in [-0.2, -0.15) is 0 Å². The summed E-state index contributed by atoms with van der Waals surface area (Å²) in [6, 6.07) is 4.05. The van der Waals surface area contributed by atoms with Crippen LogP contribution in [0.4, 0.5) is 13.6 Å². The summed E-state index contributed by atoms with van der Waals surface area (Å²) < 4.78 is 24.6. The second kappa shape index (κ2) is 8.43. The lowest BCUT2D eigenvalue weighted by Gasteiger charge is -2.34. The molecule has 1 saturated heterocycles. The molecule has 0 saturated carbocycles. The molecule has 0 bridgehead atoms. The van der Waals surface area contributed by atoms with Crippen LogP contribution in [0.25, 0.3) is 0 Å². The average Bonchev–Trinajstić information content (AvgIpc) is 2.98. The van der Waals surface area contributed by atoms with Crippen LogP contribution in [0.5, 0.6) is 0 Å². The van der Waals surface area contributed by atoms with Crippen LogP contribution in [0, 0.1) is 5.92 Å². The Balaban J connectivity index is 1.65. The van der Waals surface area contributed by atoms with Gasteiger partial charge in [-0.1, -0.05) is 13.0 Å². The largest absolute Gasteiger partial charge is 0.338 e. The van der Waals surface area contributed by atoms with Gasteiger partial charge in [-0.15, -0.1) is 11.3 Å². The zero-order valence-corrected chi connectivity index (χ0v) is 13.6. The number of urea groups is 1. The van der Waals surface area contributed by atoms with Crippen LogP contribution < -0.4 is 5.32 Å². The van der Waals surface area contributed by atoms with Crippen molar-refractivity contribution in [3.63, 3.8) is 0 Å². The predicted octanol–water partition coefficient (Wildman–Crippen LogP) is 2.52. The quantitative estimate of drug-likeness (QED) is 0.869. The lowest BCUT2D eigenvalue weighted by atomic mass is 10.1. The number of nitrogens with zero attached hydrogens (tertiary/aromatic N) is 2. The monoisotopic (exact) mass is 331 g/mol. The van der Waals surface area contributed by atoms with E-state index in [4.69, 9.17) is 0 Å². The third-order valence-electron chi connectivity index (χ3n) is 3.79. The first-order valence-corrected chi connectivity index (χ1v) is 8.48. The summed E-state index contributed by atoms with van der Waals surface area (Å²) in [5.41, 5.74) is 0. The van der Waals surface area contributed by atoms with Gasteiger partial charge in [0.2, 0.25) is 0 Å². The maximum Gasteiger partial charge on any atom is 0.317 e. The molecule has 0 aliphatic carbocycles. The topological polar surface area (TPSA) is 35.6 Å². The number of hydrogen-bond donors (Lipinski definition) is 1. The molecule has 124 valence electrons. The Morgan fingerprint density at radius 2 is 2.09 bits per heavy atom. The van der Waals surface area contributed by atoms with Crippen LogP contribution in [0.3, 0.4) is 0 Å². The van der Waals surface area contributed by atoms with Crippen molar-refractivity contribution in [2.75, 3.05) is 39.3 Å². The summed E-state index contributed by atoms with van der Waals surface area (Å²) in [7, 11) is 0. The second-order valence-corrected chi connectivity index (χ2v) is 6.79. The number of halogens is 2. The van der Waals surface area contributed by atoms with Crippen molar-refractivity contribution in [2.45, 2.75) is 19.8 Å². The van der Waals surface area contributed by atoms with E-state index in [-0.39, 0.29) is 12.6 Å². The number of carbonyl (C=O) groups is 1. The standard InChI is InChI=1S/C15H23F2N3OS/c1-12(9-13-3-2-8-22-13)10-18-15(21)20-6-4-19(5-7-20)11-14(16)17/h2-3,8,12,14H,4-7,9-11H2,1H3,(H,18,21). The van der Waals surface area contributed by atoms with Crippen LogP contribution >= 0.6 is 11.3 Å². The van der Waals surface area contributed by atoms with Gasteiger partial charge >= 0.3 is 6.03 Å². The molecular weight excluding hydrogens is 308 g/mol. The first-order chi connectivity index (χ1) is 10.5. The van der Waals surface area contributed by atoms with Crippen molar-refractivity contribution in [3.05, 3.63) is 22.4 Å². The third kappa shape index (κ3) is 5.53. The van der Waals surface area contributed by atoms with Crippen molar-refractivity contribution < 1.29 is 13.6 Å². The van der Waals surface area contributed by atoms with Gasteiger partial charge in [0, 0.05) is 37.6 Å². The molecule has 0 spiro atoms. The van der Waals surface area contributed by atoms with E-state index in [2.05, 4.69) is 23.7 Å². The molecule has 1 aromatic rings. The SMILES string of the molecule is CC(CNC(=O)N1CCN(CC(F)F)CC1)Cc1cccs1. The first kappa shape index (κ1) is 17.1. The van der Waals surface area contributed by atoms with E-state index in [0.717, 1.165) is 6.42 Å². The van der Waals surface area contributed by atoms with E-state index in [1.165, 1.54) is 4.88 Å². The van der Waals surface area contributed by atoms with Gasteiger partial charge in [0.05, 0.1) is 6.54 Å². The van der Waals surface area contributed by atoms with Gasteiger partial charge in [-0.3, -0.25) is 4.90 Å². The number of amides is 2. The van der Waals surface area contributed by atoms with E-state index in [9.17, 15) is 13.6 Å². The number of alkyl halides is 2. The summed E-state index contributed by atoms with van der Waals surface area (Å²) in [5.74, 6) is 0.378. The van der Waals surface area contributed by atoms with Crippen molar-refractivity contribution >= 4 is 17.4 Å². The molecule has 1 aliphatic rings. The Hall–Kier alpha value is -1.21. The van der Waals surface area contributed by atoms with Crippen LogP contribution in [0.2, 0.25) is 0 Å². The Labute approximate surface area is 134 Å². The summed E-state index contributed by atoms with van der Waals surface area (Å²) in [6.45, 7) is 4.60. The average molecular weight is 331 g/mol. The maximum absolute atomic E-state index is 12.3. The molecule has 2 rings (SSSR count). The minimum absolute atomic E-state index is 0.0882. The highest BCUT2D eigenvalue weighted by Gasteiger charge is 2.22. The lowest BCUT2D eigenvalue weighted by Crippen LogP contribution is -2.53. The number of rotatable bonds is 6. The number of carbonyl (C=O) groups excluding carboxylic acids is 1. The molecule has 1 aromatic heterocycles. The molecule has 1 N–H and O–H groups in total. The van der Waals surface area contributed by atoms with Crippen LogP contribution in [0.1, 0.15) is 11.8 Å². The zero-order chi connectivity index (χ0) is 15.9. The maximum atomic E-state index is 12.3. The number of piperazine rings is 1. The van der Waals surface area contributed by atoms with Crippen molar-refractivity contribution in [3.8, 4) is 0 Å². The second-order valence-electron chi connectivity index (χ2n) is 5.75. The molecule has 2 heterocycles. The molecular formula is C15H23F2N3OS. The molecule has 1 unspecified atom stereocenters. The molecule has 4 nitrogen and oxygen atoms in total. The summed E-state index contributed by atoms with van der Waals surface area (Å²) in [5, 5.41) is 5.00. The minimum atomic E-state index is -2.31. The van der Waals surface area contributed by atoms with Crippen LogP contribution in [0.15, 0.2) is 17.5 Å². The molecule has 1 aliphatic heterocycles. The Bertz CT molecular complexity index is 448. The summed E-state index contributed by atoms with van der Waals surface area (Å²) in [4.78, 5) is 16.8. The Morgan fingerprint density at radius 1 is 1.36 bits per heavy atom. The third-order valence-corrected chi connectivity index (χ3v) is 4.69. The zero-order valence-electron chi connectivity index (χ0n) is 12.8. The minimum Gasteiger partial charge on any atom is -0.338 e. The van der Waals surface area contributed by atoms with Gasteiger partial charge < -0.3 is 10.2 Å². The number of thiophene rings is 1. The lowest BCUT2D eigenvalue weighted by molar-refractivity contribution is 0.0635. The Morgan fingerprint density at radius 3 is 2.68 bits per heavy atom. The highest BCUT2D eigenvalue weighted by Crippen LogP contribution is 2.14. The van der Waals surface area contributed by atoms with E-state index in [0.29, 0.717) is 38.6 Å². The summed E-state index contributed by atoms with van der Waals surface area (Å²) in [6.07, 6.45) is -1.35. The number of hydrogen-bond acceptors (Lipinski definition) is 3. The van der Waals surface area contributed by atoms with Crippen molar-refractivity contribution in [1.82, 2.24) is 15.1 Å². The molecule has 0 radical (unpaired) electrons. The number of nitrogens with one attached hydrogen (secondary N) is 1. The molecule has 7 heteroatoms. The molecule has 2 amide bonds. The van der Waals surface area contributed by atoms with E-state index >= 15 is 0 Å². The fourth-order valence-corrected chi connectivity index (χ4v) is 3.42. The van der Waals surface area contributed by atoms with Crippen LogP contribution in [-0.2, 0) is 6.42 Å². The van der Waals surface area contributed by atoms with Crippen molar-refractivity contribution in [2.24, 2.45) is 5.92 Å². The van der Waals surface area contributed by atoms with Gasteiger partial charge in [-0.05, 0) is 23.8 Å². The molecule has 0 aromatic carbocycles. The fraction of sp³-hybridized carbons (Fsp3) is 0.667. The normalized spacial score (nSPS) is 17.7. The fourth-order valence-electron chi connectivity index (χ4n) is 2.55. The molecule has 1 fully saturated rings. The predicted molar refractivity (Wildman–Crippen MR) is 84.6 cm³/mol. The highest BCUT2D eigenvalue weighted by atomic mass is 32.1. The van der Waals surface area contributed by atoms with Crippen molar-refractivity contribution in [1.29, 1.82) is 0 Å². The first-order valence-electron chi connectivity index (χ1n) is 7.60. The smallest absolute Gasteiger partial charge is 0.317 e. The van der Waals surface area contributed by atoms with Gasteiger partial charge in [-0.25, -0.2) is 13.6 Å². The van der Waals surface area contributed by atoms with E-state index < -0.39 is 6.43 Å². The summed E-state index contributed by atoms with van der Waals surface area (Å²) >= 11 is 1.73.